The summed E-state index contributed by atoms with van der Waals surface area (Å²) in [7, 11) is 0. The molecule has 0 aliphatic heterocycles. The van der Waals surface area contributed by atoms with Gasteiger partial charge in [-0.1, -0.05) is 38.1 Å². The first-order valence-electron chi connectivity index (χ1n) is 6.73. The largest absolute Gasteiger partial charge is 0.480 e. The number of carbonyl (C=O) groups excluding carboxylic acids is 1. The predicted molar refractivity (Wildman–Crippen MR) is 77.1 cm³/mol. The quantitative estimate of drug-likeness (QED) is 0.701. The summed E-state index contributed by atoms with van der Waals surface area (Å²) in [6.45, 7) is 4.20. The van der Waals surface area contributed by atoms with Crippen molar-refractivity contribution >= 4 is 11.9 Å². The van der Waals surface area contributed by atoms with E-state index in [1.165, 1.54) is 0 Å². The van der Waals surface area contributed by atoms with Crippen LogP contribution in [-0.2, 0) is 22.6 Å². The third-order valence-corrected chi connectivity index (χ3v) is 3.03. The molecule has 0 unspecified atom stereocenters. The molecule has 0 bridgehead atoms. The third-order valence-electron chi connectivity index (χ3n) is 3.03. The molecule has 1 atom stereocenters. The van der Waals surface area contributed by atoms with E-state index in [0.717, 1.165) is 11.1 Å². The maximum absolute atomic E-state index is 12.0. The highest BCUT2D eigenvalue weighted by molar-refractivity contribution is 5.85. The van der Waals surface area contributed by atoms with E-state index in [9.17, 15) is 9.59 Å². The van der Waals surface area contributed by atoms with Gasteiger partial charge in [0.25, 0.3) is 0 Å². The number of rotatable bonds is 7. The Hall–Kier alpha value is -1.88. The number of benzene rings is 1. The van der Waals surface area contributed by atoms with Gasteiger partial charge in [-0.2, -0.15) is 0 Å². The smallest absolute Gasteiger partial charge is 0.326 e. The molecule has 0 aliphatic carbocycles. The zero-order valence-electron chi connectivity index (χ0n) is 11.9. The second-order valence-corrected chi connectivity index (χ2v) is 5.24. The lowest BCUT2D eigenvalue weighted by molar-refractivity contribution is -0.142. The van der Waals surface area contributed by atoms with Crippen molar-refractivity contribution in [1.82, 2.24) is 5.32 Å². The third kappa shape index (κ3) is 5.01. The second kappa shape index (κ2) is 7.65. The highest BCUT2D eigenvalue weighted by atomic mass is 16.4. The van der Waals surface area contributed by atoms with E-state index in [1.54, 1.807) is 0 Å². The van der Waals surface area contributed by atoms with Gasteiger partial charge in [-0.25, -0.2) is 4.79 Å². The zero-order chi connectivity index (χ0) is 15.1. The number of hydrogen-bond donors (Lipinski definition) is 3. The Morgan fingerprint density at radius 1 is 1.25 bits per heavy atom. The summed E-state index contributed by atoms with van der Waals surface area (Å²) in [6.07, 6.45) is 0.564. The van der Waals surface area contributed by atoms with E-state index >= 15 is 0 Å². The SMILES string of the molecule is CC(C)C[C@H](NC(=O)Cc1ccccc1CN)C(=O)O. The van der Waals surface area contributed by atoms with Crippen LogP contribution in [0.4, 0.5) is 0 Å². The number of carboxylic acids is 1. The van der Waals surface area contributed by atoms with E-state index in [4.69, 9.17) is 10.8 Å². The van der Waals surface area contributed by atoms with Gasteiger partial charge >= 0.3 is 5.97 Å². The summed E-state index contributed by atoms with van der Waals surface area (Å²) in [6, 6.07) is 6.56. The normalized spacial score (nSPS) is 12.2. The van der Waals surface area contributed by atoms with Gasteiger partial charge in [0.05, 0.1) is 6.42 Å². The molecule has 0 radical (unpaired) electrons. The maximum Gasteiger partial charge on any atom is 0.326 e. The first-order valence-corrected chi connectivity index (χ1v) is 6.73. The van der Waals surface area contributed by atoms with Gasteiger partial charge in [0, 0.05) is 6.54 Å². The lowest BCUT2D eigenvalue weighted by Gasteiger charge is -2.17. The molecule has 0 spiro atoms. The average Bonchev–Trinajstić information content (AvgIpc) is 2.37. The van der Waals surface area contributed by atoms with E-state index < -0.39 is 12.0 Å². The number of carboxylic acid groups (broad SMARTS) is 1. The fourth-order valence-electron chi connectivity index (χ4n) is 2.04. The first kappa shape index (κ1) is 16.2. The van der Waals surface area contributed by atoms with Crippen LogP contribution in [0.15, 0.2) is 24.3 Å². The molecule has 0 aromatic heterocycles. The van der Waals surface area contributed by atoms with Crippen molar-refractivity contribution in [2.75, 3.05) is 0 Å². The molecule has 1 aromatic rings. The molecule has 20 heavy (non-hydrogen) atoms. The number of nitrogens with one attached hydrogen (secondary N) is 1. The summed E-state index contributed by atoms with van der Waals surface area (Å²) in [5.41, 5.74) is 7.35. The summed E-state index contributed by atoms with van der Waals surface area (Å²) < 4.78 is 0. The Balaban J connectivity index is 2.68. The summed E-state index contributed by atoms with van der Waals surface area (Å²) in [5, 5.41) is 11.7. The second-order valence-electron chi connectivity index (χ2n) is 5.24. The fraction of sp³-hybridized carbons (Fsp3) is 0.467. The van der Waals surface area contributed by atoms with Crippen LogP contribution in [0.3, 0.4) is 0 Å². The standard InChI is InChI=1S/C15H22N2O3/c1-10(2)7-13(15(19)20)17-14(18)8-11-5-3-4-6-12(11)9-16/h3-6,10,13H,7-9,16H2,1-2H3,(H,17,18)(H,19,20)/t13-/m0/s1. The lowest BCUT2D eigenvalue weighted by Crippen LogP contribution is -2.42. The molecule has 1 rings (SSSR count). The van der Waals surface area contributed by atoms with Crippen molar-refractivity contribution in [1.29, 1.82) is 0 Å². The molecule has 0 fully saturated rings. The van der Waals surface area contributed by atoms with Crippen molar-refractivity contribution in [3.05, 3.63) is 35.4 Å². The van der Waals surface area contributed by atoms with Gasteiger partial charge in [0.2, 0.25) is 5.91 Å². The van der Waals surface area contributed by atoms with E-state index in [1.807, 2.05) is 38.1 Å². The Morgan fingerprint density at radius 2 is 1.85 bits per heavy atom. The lowest BCUT2D eigenvalue weighted by atomic mass is 10.0. The minimum Gasteiger partial charge on any atom is -0.480 e. The van der Waals surface area contributed by atoms with Crippen molar-refractivity contribution < 1.29 is 14.7 Å². The molecule has 1 amide bonds. The van der Waals surface area contributed by atoms with E-state index in [0.29, 0.717) is 13.0 Å². The highest BCUT2D eigenvalue weighted by Crippen LogP contribution is 2.10. The Morgan fingerprint density at radius 3 is 2.35 bits per heavy atom. The fourth-order valence-corrected chi connectivity index (χ4v) is 2.04. The van der Waals surface area contributed by atoms with Crippen molar-refractivity contribution in [3.63, 3.8) is 0 Å². The summed E-state index contributed by atoms with van der Waals surface area (Å²) in [4.78, 5) is 23.1. The molecule has 0 saturated carbocycles. The molecule has 5 nitrogen and oxygen atoms in total. The minimum atomic E-state index is -1.00. The Bertz CT molecular complexity index is 472. The average molecular weight is 278 g/mol. The molecule has 0 aliphatic rings. The van der Waals surface area contributed by atoms with Crippen LogP contribution < -0.4 is 11.1 Å². The van der Waals surface area contributed by atoms with Crippen LogP contribution in [-0.4, -0.2) is 23.0 Å². The van der Waals surface area contributed by atoms with Crippen molar-refractivity contribution in [2.24, 2.45) is 11.7 Å². The zero-order valence-corrected chi connectivity index (χ0v) is 11.9. The van der Waals surface area contributed by atoms with Gasteiger partial charge < -0.3 is 16.2 Å². The van der Waals surface area contributed by atoms with Crippen LogP contribution in [0, 0.1) is 5.92 Å². The van der Waals surface area contributed by atoms with Gasteiger partial charge in [-0.3, -0.25) is 4.79 Å². The molecular formula is C15H22N2O3. The molecule has 0 saturated heterocycles. The molecule has 110 valence electrons. The van der Waals surface area contributed by atoms with Crippen LogP contribution in [0.1, 0.15) is 31.4 Å². The van der Waals surface area contributed by atoms with Crippen molar-refractivity contribution in [3.8, 4) is 0 Å². The molecule has 5 heteroatoms. The van der Waals surface area contributed by atoms with E-state index in [-0.39, 0.29) is 18.2 Å². The van der Waals surface area contributed by atoms with Gasteiger partial charge in [0.15, 0.2) is 0 Å². The summed E-state index contributed by atoms with van der Waals surface area (Å²) in [5.74, 6) is -1.09. The number of carbonyl (C=O) groups is 2. The Kier molecular flexibility index (Phi) is 6.18. The molecule has 1 aromatic carbocycles. The van der Waals surface area contributed by atoms with Gasteiger partial charge in [0.1, 0.15) is 6.04 Å². The molecule has 0 heterocycles. The Labute approximate surface area is 119 Å². The van der Waals surface area contributed by atoms with Crippen LogP contribution >= 0.6 is 0 Å². The van der Waals surface area contributed by atoms with Crippen LogP contribution in [0.25, 0.3) is 0 Å². The number of aliphatic carboxylic acids is 1. The predicted octanol–water partition coefficient (Wildman–Crippen LogP) is 1.30. The summed E-state index contributed by atoms with van der Waals surface area (Å²) >= 11 is 0. The van der Waals surface area contributed by atoms with E-state index in [2.05, 4.69) is 5.32 Å². The van der Waals surface area contributed by atoms with Gasteiger partial charge in [-0.15, -0.1) is 0 Å². The molecular weight excluding hydrogens is 256 g/mol. The monoisotopic (exact) mass is 278 g/mol. The number of nitrogens with two attached hydrogens (primary N) is 1. The maximum atomic E-state index is 12.0. The van der Waals surface area contributed by atoms with Crippen LogP contribution in [0.5, 0.6) is 0 Å². The molecule has 4 N–H and O–H groups in total. The topological polar surface area (TPSA) is 92.4 Å². The highest BCUT2D eigenvalue weighted by Gasteiger charge is 2.21. The first-order chi connectivity index (χ1) is 9.43. The van der Waals surface area contributed by atoms with Crippen LogP contribution in [0.2, 0.25) is 0 Å². The van der Waals surface area contributed by atoms with Gasteiger partial charge in [-0.05, 0) is 23.5 Å². The number of amides is 1. The van der Waals surface area contributed by atoms with Crippen molar-refractivity contribution in [2.45, 2.75) is 39.3 Å². The number of hydrogen-bond acceptors (Lipinski definition) is 3. The minimum absolute atomic E-state index is 0.148.